The number of rotatable bonds is 9. The normalized spacial score (nSPS) is 15.4. The molecule has 0 saturated carbocycles. The van der Waals surface area contributed by atoms with Crippen molar-refractivity contribution >= 4 is 45.8 Å². The average molecular weight is 558 g/mol. The Morgan fingerprint density at radius 3 is 2.55 bits per heavy atom. The van der Waals surface area contributed by atoms with Gasteiger partial charge in [0.25, 0.3) is 0 Å². The zero-order valence-electron chi connectivity index (χ0n) is 22.5. The van der Waals surface area contributed by atoms with Gasteiger partial charge in [-0.05, 0) is 101 Å². The van der Waals surface area contributed by atoms with Crippen molar-refractivity contribution in [1.82, 2.24) is 15.3 Å². The zero-order valence-corrected chi connectivity index (χ0v) is 24.0. The second-order valence-corrected chi connectivity index (χ2v) is 12.3. The SMILES string of the molecule is Cc1cc(Nc2ncc(Cl)c(Nc3ccccc3C(C)(C)S(=O)O)n2)c(OC(C)C)cc1C1CCNCC1. The van der Waals surface area contributed by atoms with E-state index >= 15 is 0 Å². The van der Waals surface area contributed by atoms with Crippen LogP contribution in [-0.2, 0) is 15.8 Å². The van der Waals surface area contributed by atoms with Crippen LogP contribution in [0, 0.1) is 6.92 Å². The van der Waals surface area contributed by atoms with Gasteiger partial charge in [-0.1, -0.05) is 29.8 Å². The van der Waals surface area contributed by atoms with Crippen LogP contribution in [0.25, 0.3) is 0 Å². The van der Waals surface area contributed by atoms with Crippen LogP contribution in [0.4, 0.5) is 23.1 Å². The Hall–Kier alpha value is -2.72. The van der Waals surface area contributed by atoms with Gasteiger partial charge in [0.1, 0.15) is 10.8 Å². The van der Waals surface area contributed by atoms with E-state index in [0.717, 1.165) is 37.4 Å². The molecule has 1 fully saturated rings. The number of aryl methyl sites for hydroxylation is 1. The van der Waals surface area contributed by atoms with Gasteiger partial charge in [0.2, 0.25) is 5.95 Å². The number of benzene rings is 2. The van der Waals surface area contributed by atoms with Crippen molar-refractivity contribution < 1.29 is 13.5 Å². The molecular formula is C28H36ClN5O3S. The van der Waals surface area contributed by atoms with E-state index in [9.17, 15) is 8.76 Å². The van der Waals surface area contributed by atoms with Gasteiger partial charge in [-0.25, -0.2) is 9.19 Å². The highest BCUT2D eigenvalue weighted by molar-refractivity contribution is 7.80. The third-order valence-corrected chi connectivity index (χ3v) is 8.14. The molecule has 0 aliphatic carbocycles. The third-order valence-electron chi connectivity index (χ3n) is 6.77. The Kier molecular flexibility index (Phi) is 8.92. The summed E-state index contributed by atoms with van der Waals surface area (Å²) in [6.45, 7) is 11.6. The molecule has 1 saturated heterocycles. The van der Waals surface area contributed by atoms with Crippen LogP contribution in [0.15, 0.2) is 42.6 Å². The number of para-hydroxylation sites is 1. The fourth-order valence-electron chi connectivity index (χ4n) is 4.70. The van der Waals surface area contributed by atoms with Gasteiger partial charge in [0.05, 0.1) is 22.7 Å². The predicted octanol–water partition coefficient (Wildman–Crippen LogP) is 6.64. The zero-order chi connectivity index (χ0) is 27.4. The lowest BCUT2D eigenvalue weighted by Gasteiger charge is -2.26. The second kappa shape index (κ2) is 12.0. The Balaban J connectivity index is 1.65. The minimum Gasteiger partial charge on any atom is -0.489 e. The largest absolute Gasteiger partial charge is 0.489 e. The number of halogens is 1. The van der Waals surface area contributed by atoms with Crippen LogP contribution in [0.2, 0.25) is 5.02 Å². The van der Waals surface area contributed by atoms with Gasteiger partial charge in [-0.3, -0.25) is 0 Å². The summed E-state index contributed by atoms with van der Waals surface area (Å²) < 4.78 is 27.1. The summed E-state index contributed by atoms with van der Waals surface area (Å²) in [7, 11) is 0. The predicted molar refractivity (Wildman–Crippen MR) is 156 cm³/mol. The Morgan fingerprint density at radius 1 is 1.16 bits per heavy atom. The summed E-state index contributed by atoms with van der Waals surface area (Å²) in [5.41, 5.74) is 4.59. The van der Waals surface area contributed by atoms with Gasteiger partial charge in [0, 0.05) is 5.69 Å². The number of hydrogen-bond acceptors (Lipinski definition) is 7. The highest BCUT2D eigenvalue weighted by Gasteiger charge is 2.30. The summed E-state index contributed by atoms with van der Waals surface area (Å²) in [5, 5.41) is 10.3. The lowest BCUT2D eigenvalue weighted by Crippen LogP contribution is -2.27. The molecule has 2 aromatic carbocycles. The maximum Gasteiger partial charge on any atom is 0.229 e. The fourth-order valence-corrected chi connectivity index (χ4v) is 5.20. The van der Waals surface area contributed by atoms with E-state index < -0.39 is 15.8 Å². The smallest absolute Gasteiger partial charge is 0.229 e. The summed E-state index contributed by atoms with van der Waals surface area (Å²) in [4.78, 5) is 9.02. The molecule has 0 bridgehead atoms. The summed E-state index contributed by atoms with van der Waals surface area (Å²) in [6.07, 6.45) is 3.73. The molecule has 1 aromatic heterocycles. The molecule has 0 radical (unpaired) electrons. The summed E-state index contributed by atoms with van der Waals surface area (Å²) in [5.74, 6) is 1.98. The molecule has 1 aliphatic heterocycles. The third kappa shape index (κ3) is 6.46. The molecule has 1 unspecified atom stereocenters. The second-order valence-electron chi connectivity index (χ2n) is 10.3. The number of ether oxygens (including phenoxy) is 1. The van der Waals surface area contributed by atoms with E-state index in [4.69, 9.17) is 16.3 Å². The quantitative estimate of drug-likeness (QED) is 0.217. The standard InChI is InChI=1S/C28H36ClN5O3S/c1-17(2)37-25-15-20(19-10-12-30-13-11-19)18(3)14-24(25)33-27-31-16-22(29)26(34-27)32-23-9-7-6-8-21(23)28(4,5)38(35)36/h6-9,14-17,19,30H,10-13H2,1-5H3,(H,35,36)(H2,31,32,33,34). The van der Waals surface area contributed by atoms with Crippen LogP contribution in [-0.4, -0.2) is 37.9 Å². The first kappa shape index (κ1) is 28.3. The van der Waals surface area contributed by atoms with Crippen molar-refractivity contribution in [2.24, 2.45) is 0 Å². The van der Waals surface area contributed by atoms with Crippen molar-refractivity contribution in [3.63, 3.8) is 0 Å². The van der Waals surface area contributed by atoms with Crippen molar-refractivity contribution in [3.8, 4) is 5.75 Å². The first-order valence-electron chi connectivity index (χ1n) is 12.8. The molecule has 4 rings (SSSR count). The molecule has 8 nitrogen and oxygen atoms in total. The molecule has 4 N–H and O–H groups in total. The van der Waals surface area contributed by atoms with Gasteiger partial charge in [-0.15, -0.1) is 0 Å². The van der Waals surface area contributed by atoms with Crippen LogP contribution in [0.3, 0.4) is 0 Å². The number of hydrogen-bond donors (Lipinski definition) is 4. The minimum absolute atomic E-state index is 0.000533. The molecule has 2 heterocycles. The van der Waals surface area contributed by atoms with E-state index in [-0.39, 0.29) is 6.10 Å². The molecule has 204 valence electrons. The topological polar surface area (TPSA) is 108 Å². The fraction of sp³-hybridized carbons (Fsp3) is 0.429. The number of anilines is 4. The molecule has 0 amide bonds. The van der Waals surface area contributed by atoms with Gasteiger partial charge < -0.3 is 25.2 Å². The number of nitrogens with zero attached hydrogens (tertiary/aromatic N) is 2. The first-order chi connectivity index (χ1) is 18.1. The highest BCUT2D eigenvalue weighted by atomic mass is 35.5. The van der Waals surface area contributed by atoms with Crippen molar-refractivity contribution in [3.05, 3.63) is 64.3 Å². The first-order valence-corrected chi connectivity index (χ1v) is 14.3. The maximum absolute atomic E-state index is 12.0. The van der Waals surface area contributed by atoms with Gasteiger partial charge in [-0.2, -0.15) is 4.98 Å². The maximum atomic E-state index is 12.0. The van der Waals surface area contributed by atoms with Crippen LogP contribution < -0.4 is 20.7 Å². The molecule has 10 heteroatoms. The van der Waals surface area contributed by atoms with Gasteiger partial charge in [0.15, 0.2) is 16.9 Å². The van der Waals surface area contributed by atoms with E-state index in [2.05, 4.69) is 45.0 Å². The Labute approximate surface area is 232 Å². The Bertz CT molecular complexity index is 1310. The molecule has 0 spiro atoms. The monoisotopic (exact) mass is 557 g/mol. The van der Waals surface area contributed by atoms with Crippen molar-refractivity contribution in [2.75, 3.05) is 23.7 Å². The van der Waals surface area contributed by atoms with Crippen LogP contribution >= 0.6 is 11.6 Å². The van der Waals surface area contributed by atoms with E-state index in [1.165, 1.54) is 17.3 Å². The number of nitrogens with one attached hydrogen (secondary N) is 3. The number of aromatic nitrogens is 2. The highest BCUT2D eigenvalue weighted by Crippen LogP contribution is 2.38. The van der Waals surface area contributed by atoms with E-state index in [1.807, 2.05) is 38.1 Å². The molecule has 1 atom stereocenters. The van der Waals surface area contributed by atoms with Crippen molar-refractivity contribution in [1.29, 1.82) is 0 Å². The lowest BCUT2D eigenvalue weighted by atomic mass is 9.87. The van der Waals surface area contributed by atoms with Crippen LogP contribution in [0.1, 0.15) is 63.1 Å². The summed E-state index contributed by atoms with van der Waals surface area (Å²) in [6, 6.07) is 11.6. The molecular weight excluding hydrogens is 522 g/mol. The van der Waals surface area contributed by atoms with E-state index in [0.29, 0.717) is 34.0 Å². The summed E-state index contributed by atoms with van der Waals surface area (Å²) >= 11 is 4.37. The lowest BCUT2D eigenvalue weighted by molar-refractivity contribution is 0.243. The van der Waals surface area contributed by atoms with Crippen LogP contribution in [0.5, 0.6) is 5.75 Å². The molecule has 1 aliphatic rings. The average Bonchev–Trinajstić information content (AvgIpc) is 2.88. The minimum atomic E-state index is -2.08. The number of piperidine rings is 1. The van der Waals surface area contributed by atoms with Crippen molar-refractivity contribution in [2.45, 2.75) is 64.2 Å². The molecule has 38 heavy (non-hydrogen) atoms. The van der Waals surface area contributed by atoms with E-state index in [1.54, 1.807) is 13.8 Å². The van der Waals surface area contributed by atoms with Gasteiger partial charge >= 0.3 is 0 Å². The Morgan fingerprint density at radius 2 is 1.87 bits per heavy atom. The molecule has 3 aromatic rings.